The molecule has 0 aromatic heterocycles. The number of amides is 3. The number of nitrogens with zero attached hydrogens (tertiary/aromatic N) is 1. The molecular formula is C13H12N2O3. The molecule has 0 spiro atoms. The van der Waals surface area contributed by atoms with Crippen LogP contribution in [0.1, 0.15) is 5.56 Å². The Morgan fingerprint density at radius 2 is 1.89 bits per heavy atom. The van der Waals surface area contributed by atoms with E-state index in [0.717, 1.165) is 11.6 Å². The number of carbonyl (C=O) groups is 3. The van der Waals surface area contributed by atoms with Crippen molar-refractivity contribution in [2.75, 3.05) is 7.05 Å². The second-order valence-corrected chi connectivity index (χ2v) is 4.02. The number of rotatable bonds is 3. The zero-order chi connectivity index (χ0) is 13.1. The molecule has 0 atom stereocenters. The molecule has 0 radical (unpaired) electrons. The molecule has 5 nitrogen and oxygen atoms in total. The molecule has 2 rings (SSSR count). The highest BCUT2D eigenvalue weighted by molar-refractivity contribution is 6.29. The Labute approximate surface area is 104 Å². The van der Waals surface area contributed by atoms with E-state index in [2.05, 4.69) is 0 Å². The Morgan fingerprint density at radius 1 is 1.22 bits per heavy atom. The van der Waals surface area contributed by atoms with E-state index in [-0.39, 0.29) is 5.57 Å². The Hall–Kier alpha value is -2.43. The van der Waals surface area contributed by atoms with Crippen molar-refractivity contribution < 1.29 is 14.4 Å². The van der Waals surface area contributed by atoms with Gasteiger partial charge in [0.1, 0.15) is 5.57 Å². The molecule has 1 aliphatic heterocycles. The standard InChI is InChI=1S/C13H12N2O3/c1-15(8-9-5-3-2-4-6-9)13(18)10-7-11(16)14-12(10)17/h2-7H,8H2,1H3,(H,14,16,17). The monoisotopic (exact) mass is 244 g/mol. The van der Waals surface area contributed by atoms with Crippen LogP contribution in [-0.4, -0.2) is 29.7 Å². The van der Waals surface area contributed by atoms with E-state index in [0.29, 0.717) is 6.54 Å². The quantitative estimate of drug-likeness (QED) is 0.611. The zero-order valence-electron chi connectivity index (χ0n) is 9.84. The summed E-state index contributed by atoms with van der Waals surface area (Å²) in [6, 6.07) is 9.41. The predicted octanol–water partition coefficient (Wildman–Crippen LogP) is 0.228. The molecule has 3 amide bonds. The van der Waals surface area contributed by atoms with E-state index in [1.165, 1.54) is 4.90 Å². The first-order valence-corrected chi connectivity index (χ1v) is 5.44. The van der Waals surface area contributed by atoms with E-state index < -0.39 is 17.7 Å². The third-order valence-corrected chi connectivity index (χ3v) is 2.60. The molecule has 0 unspecified atom stereocenters. The van der Waals surface area contributed by atoms with E-state index in [1.54, 1.807) is 7.05 Å². The minimum atomic E-state index is -0.634. The summed E-state index contributed by atoms with van der Waals surface area (Å²) in [4.78, 5) is 35.7. The fourth-order valence-corrected chi connectivity index (χ4v) is 1.71. The van der Waals surface area contributed by atoms with Crippen molar-refractivity contribution in [3.8, 4) is 0 Å². The van der Waals surface area contributed by atoms with Crippen LogP contribution in [0.3, 0.4) is 0 Å². The van der Waals surface area contributed by atoms with Crippen LogP contribution >= 0.6 is 0 Å². The number of hydrogen-bond donors (Lipinski definition) is 1. The number of carbonyl (C=O) groups excluding carboxylic acids is 3. The van der Waals surface area contributed by atoms with Crippen molar-refractivity contribution in [1.82, 2.24) is 10.2 Å². The lowest BCUT2D eigenvalue weighted by atomic mass is 10.2. The minimum Gasteiger partial charge on any atom is -0.337 e. The highest BCUT2D eigenvalue weighted by atomic mass is 16.2. The van der Waals surface area contributed by atoms with Gasteiger partial charge in [-0.15, -0.1) is 0 Å². The van der Waals surface area contributed by atoms with Crippen LogP contribution in [-0.2, 0) is 20.9 Å². The first-order valence-electron chi connectivity index (χ1n) is 5.44. The number of benzene rings is 1. The topological polar surface area (TPSA) is 66.5 Å². The van der Waals surface area contributed by atoms with Crippen molar-refractivity contribution in [2.45, 2.75) is 6.54 Å². The molecule has 1 aromatic rings. The fraction of sp³-hybridized carbons (Fsp3) is 0.154. The fourth-order valence-electron chi connectivity index (χ4n) is 1.71. The molecule has 1 heterocycles. The zero-order valence-corrected chi connectivity index (χ0v) is 9.84. The molecule has 0 saturated heterocycles. The largest absolute Gasteiger partial charge is 0.337 e. The molecule has 18 heavy (non-hydrogen) atoms. The summed E-state index contributed by atoms with van der Waals surface area (Å²) in [6.45, 7) is 0.387. The van der Waals surface area contributed by atoms with Gasteiger partial charge in [0.25, 0.3) is 17.7 Å². The van der Waals surface area contributed by atoms with Crippen molar-refractivity contribution in [3.63, 3.8) is 0 Å². The van der Waals surface area contributed by atoms with Gasteiger partial charge in [0.15, 0.2) is 0 Å². The predicted molar refractivity (Wildman–Crippen MR) is 64.1 cm³/mol. The van der Waals surface area contributed by atoms with E-state index >= 15 is 0 Å². The SMILES string of the molecule is CN(Cc1ccccc1)C(=O)C1=CC(=O)NC1=O. The summed E-state index contributed by atoms with van der Waals surface area (Å²) in [6.07, 6.45) is 1.03. The summed E-state index contributed by atoms with van der Waals surface area (Å²) in [5, 5.41) is 2.05. The van der Waals surface area contributed by atoms with Gasteiger partial charge in [0, 0.05) is 19.7 Å². The van der Waals surface area contributed by atoms with E-state index in [4.69, 9.17) is 0 Å². The number of likely N-dealkylation sites (N-methyl/N-ethyl adjacent to an activating group) is 1. The van der Waals surface area contributed by atoms with Crippen molar-refractivity contribution >= 4 is 17.7 Å². The third kappa shape index (κ3) is 2.45. The van der Waals surface area contributed by atoms with Crippen LogP contribution < -0.4 is 5.32 Å². The third-order valence-electron chi connectivity index (χ3n) is 2.60. The average Bonchev–Trinajstić information content (AvgIpc) is 2.68. The minimum absolute atomic E-state index is 0.113. The molecule has 5 heteroatoms. The lowest BCUT2D eigenvalue weighted by molar-refractivity contribution is -0.129. The van der Waals surface area contributed by atoms with Gasteiger partial charge in [-0.2, -0.15) is 0 Å². The highest BCUT2D eigenvalue weighted by Gasteiger charge is 2.28. The maximum Gasteiger partial charge on any atom is 0.263 e. The molecule has 0 saturated carbocycles. The summed E-state index contributed by atoms with van der Waals surface area (Å²) in [5.41, 5.74) is 0.845. The van der Waals surface area contributed by atoms with Crippen LogP contribution in [0.25, 0.3) is 0 Å². The highest BCUT2D eigenvalue weighted by Crippen LogP contribution is 2.09. The Bertz CT molecular complexity index is 534. The average molecular weight is 244 g/mol. The van der Waals surface area contributed by atoms with Crippen LogP contribution in [0.15, 0.2) is 42.0 Å². The number of imide groups is 1. The molecule has 92 valence electrons. The molecule has 1 aromatic carbocycles. The van der Waals surface area contributed by atoms with Crippen molar-refractivity contribution in [1.29, 1.82) is 0 Å². The molecular weight excluding hydrogens is 232 g/mol. The van der Waals surface area contributed by atoms with Gasteiger partial charge in [-0.1, -0.05) is 30.3 Å². The number of hydrogen-bond acceptors (Lipinski definition) is 3. The second-order valence-electron chi connectivity index (χ2n) is 4.02. The van der Waals surface area contributed by atoms with Crippen LogP contribution in [0, 0.1) is 0 Å². The Kier molecular flexibility index (Phi) is 3.23. The molecule has 1 aliphatic rings. The van der Waals surface area contributed by atoms with Crippen LogP contribution in [0.5, 0.6) is 0 Å². The van der Waals surface area contributed by atoms with Gasteiger partial charge in [-0.3, -0.25) is 19.7 Å². The normalized spacial score (nSPS) is 14.2. The van der Waals surface area contributed by atoms with Crippen molar-refractivity contribution in [3.05, 3.63) is 47.5 Å². The van der Waals surface area contributed by atoms with Gasteiger partial charge < -0.3 is 4.90 Å². The first-order chi connectivity index (χ1) is 8.58. The molecule has 1 N–H and O–H groups in total. The Morgan fingerprint density at radius 3 is 2.44 bits per heavy atom. The maximum absolute atomic E-state index is 12.0. The number of nitrogens with one attached hydrogen (secondary N) is 1. The maximum atomic E-state index is 12.0. The summed E-state index contributed by atoms with van der Waals surface area (Å²) >= 11 is 0. The smallest absolute Gasteiger partial charge is 0.263 e. The van der Waals surface area contributed by atoms with Gasteiger partial charge in [0.2, 0.25) is 0 Å². The van der Waals surface area contributed by atoms with Gasteiger partial charge in [-0.25, -0.2) is 0 Å². The lowest BCUT2D eigenvalue weighted by Gasteiger charge is -2.16. The van der Waals surface area contributed by atoms with E-state index in [9.17, 15) is 14.4 Å². The summed E-state index contributed by atoms with van der Waals surface area (Å²) in [7, 11) is 1.59. The molecule has 0 fully saturated rings. The van der Waals surface area contributed by atoms with Gasteiger partial charge in [-0.05, 0) is 5.56 Å². The van der Waals surface area contributed by atoms with Crippen LogP contribution in [0.4, 0.5) is 0 Å². The summed E-state index contributed by atoms with van der Waals surface area (Å²) in [5.74, 6) is -1.64. The van der Waals surface area contributed by atoms with Crippen LogP contribution in [0.2, 0.25) is 0 Å². The van der Waals surface area contributed by atoms with Gasteiger partial charge >= 0.3 is 0 Å². The summed E-state index contributed by atoms with van der Waals surface area (Å²) < 4.78 is 0. The van der Waals surface area contributed by atoms with E-state index in [1.807, 2.05) is 35.6 Å². The first kappa shape index (κ1) is 12.0. The molecule has 0 aliphatic carbocycles. The van der Waals surface area contributed by atoms with Crippen molar-refractivity contribution in [2.24, 2.45) is 0 Å². The van der Waals surface area contributed by atoms with Gasteiger partial charge in [0.05, 0.1) is 0 Å². The lowest BCUT2D eigenvalue weighted by Crippen LogP contribution is -2.32. The Balaban J connectivity index is 2.08. The molecule has 0 bridgehead atoms. The second kappa shape index (κ2) is 4.83.